The number of para-hydroxylation sites is 1. The summed E-state index contributed by atoms with van der Waals surface area (Å²) in [6.07, 6.45) is 3.19. The molecule has 2 aromatic carbocycles. The highest BCUT2D eigenvalue weighted by Crippen LogP contribution is 2.10. The Kier molecular flexibility index (Phi) is 6.05. The van der Waals surface area contributed by atoms with E-state index in [0.717, 1.165) is 5.56 Å². The SMILES string of the molecule is Cc1ccc(OC#N)cc1.N#COc1ccccc1. The molecule has 0 fully saturated rings. The van der Waals surface area contributed by atoms with Gasteiger partial charge in [-0.15, -0.1) is 10.5 Å². The molecule has 0 spiro atoms. The van der Waals surface area contributed by atoms with E-state index < -0.39 is 0 Å². The van der Waals surface area contributed by atoms with Crippen LogP contribution in [0.2, 0.25) is 0 Å². The molecule has 0 aromatic heterocycles. The lowest BCUT2D eigenvalue weighted by atomic mass is 10.2. The smallest absolute Gasteiger partial charge is 0.292 e. The molecular weight excluding hydrogens is 240 g/mol. The number of ether oxygens (including phenoxy) is 2. The predicted octanol–water partition coefficient (Wildman–Crippen LogP) is 3.40. The van der Waals surface area contributed by atoms with Crippen LogP contribution in [0.5, 0.6) is 11.5 Å². The summed E-state index contributed by atoms with van der Waals surface area (Å²) in [4.78, 5) is 0. The van der Waals surface area contributed by atoms with Crippen molar-refractivity contribution in [1.82, 2.24) is 0 Å². The van der Waals surface area contributed by atoms with Crippen molar-refractivity contribution in [3.63, 3.8) is 0 Å². The van der Waals surface area contributed by atoms with Gasteiger partial charge in [0.05, 0.1) is 0 Å². The third-order valence-electron chi connectivity index (χ3n) is 2.09. The molecule has 94 valence electrons. The molecule has 0 aliphatic rings. The second-order valence-corrected chi connectivity index (χ2v) is 3.51. The first kappa shape index (κ1) is 14.1. The maximum atomic E-state index is 8.12. The molecule has 0 amide bonds. The summed E-state index contributed by atoms with van der Waals surface area (Å²) < 4.78 is 9.08. The topological polar surface area (TPSA) is 66.0 Å². The van der Waals surface area contributed by atoms with E-state index in [1.807, 2.05) is 37.3 Å². The van der Waals surface area contributed by atoms with Crippen LogP contribution in [0.1, 0.15) is 5.56 Å². The molecule has 0 atom stereocenters. The number of nitriles is 2. The monoisotopic (exact) mass is 252 g/mol. The van der Waals surface area contributed by atoms with Crippen molar-refractivity contribution < 1.29 is 9.47 Å². The predicted molar refractivity (Wildman–Crippen MR) is 70.1 cm³/mol. The van der Waals surface area contributed by atoms with Crippen LogP contribution in [0.3, 0.4) is 0 Å². The van der Waals surface area contributed by atoms with E-state index in [1.165, 1.54) is 0 Å². The molecule has 2 rings (SSSR count). The number of nitrogens with zero attached hydrogens (tertiary/aromatic N) is 2. The third-order valence-corrected chi connectivity index (χ3v) is 2.09. The van der Waals surface area contributed by atoms with Gasteiger partial charge < -0.3 is 9.47 Å². The molecule has 0 N–H and O–H groups in total. The van der Waals surface area contributed by atoms with Crippen molar-refractivity contribution in [2.24, 2.45) is 0 Å². The van der Waals surface area contributed by atoms with E-state index in [2.05, 4.69) is 9.47 Å². The van der Waals surface area contributed by atoms with Gasteiger partial charge in [0.25, 0.3) is 12.5 Å². The van der Waals surface area contributed by atoms with Gasteiger partial charge in [0.2, 0.25) is 0 Å². The van der Waals surface area contributed by atoms with Crippen molar-refractivity contribution in [1.29, 1.82) is 10.5 Å². The number of hydrogen-bond donors (Lipinski definition) is 0. The van der Waals surface area contributed by atoms with Gasteiger partial charge in [-0.05, 0) is 31.2 Å². The molecule has 4 nitrogen and oxygen atoms in total. The first-order chi connectivity index (χ1) is 9.26. The molecular formula is C15H12N2O2. The summed E-state index contributed by atoms with van der Waals surface area (Å²) in [5.74, 6) is 1.17. The molecule has 0 unspecified atom stereocenters. The lowest BCUT2D eigenvalue weighted by molar-refractivity contribution is 0.507. The van der Waals surface area contributed by atoms with Gasteiger partial charge in [0, 0.05) is 0 Å². The molecule has 0 aliphatic carbocycles. The van der Waals surface area contributed by atoms with Crippen LogP contribution < -0.4 is 9.47 Å². The van der Waals surface area contributed by atoms with E-state index in [9.17, 15) is 0 Å². The second kappa shape index (κ2) is 8.16. The number of benzene rings is 2. The Bertz CT molecular complexity index is 566. The normalized spacial score (nSPS) is 8.16. The fraction of sp³-hybridized carbons (Fsp3) is 0.0667. The first-order valence-corrected chi connectivity index (χ1v) is 5.50. The van der Waals surface area contributed by atoms with E-state index in [-0.39, 0.29) is 0 Å². The number of hydrogen-bond acceptors (Lipinski definition) is 4. The highest BCUT2D eigenvalue weighted by molar-refractivity contribution is 5.27. The largest absolute Gasteiger partial charge is 0.388 e. The molecule has 0 bridgehead atoms. The van der Waals surface area contributed by atoms with Gasteiger partial charge in [-0.2, -0.15) is 0 Å². The quantitative estimate of drug-likeness (QED) is 0.768. The summed E-state index contributed by atoms with van der Waals surface area (Å²) in [7, 11) is 0. The van der Waals surface area contributed by atoms with Crippen molar-refractivity contribution in [3.05, 3.63) is 60.2 Å². The summed E-state index contributed by atoms with van der Waals surface area (Å²) in [5.41, 5.74) is 1.16. The zero-order valence-electron chi connectivity index (χ0n) is 10.4. The summed E-state index contributed by atoms with van der Waals surface area (Å²) in [6.45, 7) is 1.98. The molecule has 0 radical (unpaired) electrons. The fourth-order valence-electron chi connectivity index (χ4n) is 1.20. The van der Waals surface area contributed by atoms with Crippen LogP contribution in [0, 0.1) is 30.0 Å². The Morgan fingerprint density at radius 3 is 1.68 bits per heavy atom. The average molecular weight is 252 g/mol. The van der Waals surface area contributed by atoms with Crippen LogP contribution in [0.4, 0.5) is 0 Å². The molecule has 4 heteroatoms. The van der Waals surface area contributed by atoms with Crippen LogP contribution >= 0.6 is 0 Å². The number of rotatable bonds is 2. The van der Waals surface area contributed by atoms with E-state index in [1.54, 1.807) is 36.8 Å². The van der Waals surface area contributed by atoms with Crippen LogP contribution in [-0.2, 0) is 0 Å². The lowest BCUT2D eigenvalue weighted by Crippen LogP contribution is -1.80. The maximum absolute atomic E-state index is 8.12. The van der Waals surface area contributed by atoms with Gasteiger partial charge in [-0.25, -0.2) is 0 Å². The van der Waals surface area contributed by atoms with E-state index in [0.29, 0.717) is 11.5 Å². The zero-order valence-corrected chi connectivity index (χ0v) is 10.4. The minimum atomic E-state index is 0.583. The lowest BCUT2D eigenvalue weighted by Gasteiger charge is -1.94. The summed E-state index contributed by atoms with van der Waals surface area (Å²) >= 11 is 0. The summed E-state index contributed by atoms with van der Waals surface area (Å²) in [6, 6.07) is 16.3. The molecule has 0 aliphatic heterocycles. The number of aryl methyl sites for hydroxylation is 1. The van der Waals surface area contributed by atoms with Gasteiger partial charge in [0.1, 0.15) is 11.5 Å². The first-order valence-electron chi connectivity index (χ1n) is 5.50. The molecule has 19 heavy (non-hydrogen) atoms. The van der Waals surface area contributed by atoms with E-state index in [4.69, 9.17) is 10.5 Å². The van der Waals surface area contributed by atoms with Crippen LogP contribution in [0.25, 0.3) is 0 Å². The highest BCUT2D eigenvalue weighted by Gasteiger charge is 1.88. The molecule has 0 saturated heterocycles. The highest BCUT2D eigenvalue weighted by atomic mass is 16.5. The molecule has 0 saturated carbocycles. The van der Waals surface area contributed by atoms with Crippen LogP contribution in [-0.4, -0.2) is 0 Å². The van der Waals surface area contributed by atoms with Gasteiger partial charge in [-0.3, -0.25) is 0 Å². The van der Waals surface area contributed by atoms with Gasteiger partial charge in [-0.1, -0.05) is 35.9 Å². The Morgan fingerprint density at radius 1 is 0.737 bits per heavy atom. The minimum absolute atomic E-state index is 0.583. The Morgan fingerprint density at radius 2 is 1.21 bits per heavy atom. The second-order valence-electron chi connectivity index (χ2n) is 3.51. The Balaban J connectivity index is 0.000000191. The summed E-state index contributed by atoms with van der Waals surface area (Å²) in [5, 5.41) is 16.2. The Labute approximate surface area is 112 Å². The third kappa shape index (κ3) is 5.76. The molecule has 2 aromatic rings. The van der Waals surface area contributed by atoms with Gasteiger partial charge in [0.15, 0.2) is 0 Å². The molecule has 0 heterocycles. The minimum Gasteiger partial charge on any atom is -0.388 e. The van der Waals surface area contributed by atoms with Crippen molar-refractivity contribution in [2.45, 2.75) is 6.92 Å². The van der Waals surface area contributed by atoms with Crippen molar-refractivity contribution in [2.75, 3.05) is 0 Å². The Hall–Kier alpha value is -2.98. The van der Waals surface area contributed by atoms with Crippen molar-refractivity contribution in [3.8, 4) is 24.0 Å². The van der Waals surface area contributed by atoms with Crippen LogP contribution in [0.15, 0.2) is 54.6 Å². The van der Waals surface area contributed by atoms with E-state index >= 15 is 0 Å². The fourth-order valence-corrected chi connectivity index (χ4v) is 1.20. The maximum Gasteiger partial charge on any atom is 0.292 e. The van der Waals surface area contributed by atoms with Crippen molar-refractivity contribution >= 4 is 0 Å². The zero-order chi connectivity index (χ0) is 13.9. The van der Waals surface area contributed by atoms with Gasteiger partial charge >= 0.3 is 0 Å². The average Bonchev–Trinajstić information content (AvgIpc) is 2.44. The standard InChI is InChI=1S/C8H7NO.C7H5NO/c1-7-2-4-8(5-3-7)10-6-9;8-6-9-7-4-2-1-3-5-7/h2-5H,1H3;1-5H.